The largest absolute Gasteiger partial charge is 0.494 e. The highest BCUT2D eigenvalue weighted by atomic mass is 32.1. The van der Waals surface area contributed by atoms with E-state index in [0.29, 0.717) is 30.9 Å². The van der Waals surface area contributed by atoms with Gasteiger partial charge in [-0.2, -0.15) is 5.26 Å². The molecule has 0 aliphatic rings. The summed E-state index contributed by atoms with van der Waals surface area (Å²) in [6.45, 7) is 12.5. The molecule has 0 spiro atoms. The molecule has 1 aromatic heterocycles. The van der Waals surface area contributed by atoms with Crippen LogP contribution in [0.4, 0.5) is 4.79 Å². The number of carbonyl (C=O) groups is 1. The molecule has 9 heteroatoms. The Bertz CT molecular complexity index is 1290. The van der Waals surface area contributed by atoms with Crippen LogP contribution in [0.25, 0.3) is 21.1 Å². The van der Waals surface area contributed by atoms with Crippen LogP contribution < -0.4 is 9.47 Å². The van der Waals surface area contributed by atoms with Crippen LogP contribution in [0.1, 0.15) is 59.1 Å². The first-order chi connectivity index (χ1) is 18.0. The zero-order valence-corrected chi connectivity index (χ0v) is 24.0. The van der Waals surface area contributed by atoms with Gasteiger partial charge in [0.05, 0.1) is 18.3 Å². The molecule has 0 unspecified atom stereocenters. The molecule has 3 rings (SSSR count). The standard InChI is InChI=1S/C29H36N4O4S/c1-8-20-17-23(35-15-9-14-33(7)28(34)37-29(4,5)6)11-12-24(20)27-32-31-26(38-27)21-10-13-25(36-19(2)3)22(16-21)18-30/h10-13,16-17,19H,8-9,14-15H2,1-7H3. The third-order valence-electron chi connectivity index (χ3n) is 5.43. The zero-order valence-electron chi connectivity index (χ0n) is 23.2. The van der Waals surface area contributed by atoms with Gasteiger partial charge >= 0.3 is 6.09 Å². The van der Waals surface area contributed by atoms with E-state index in [1.54, 1.807) is 18.0 Å². The fourth-order valence-electron chi connectivity index (χ4n) is 3.64. The van der Waals surface area contributed by atoms with Crippen molar-refractivity contribution >= 4 is 17.4 Å². The summed E-state index contributed by atoms with van der Waals surface area (Å²) in [6, 6.07) is 13.7. The van der Waals surface area contributed by atoms with Gasteiger partial charge in [-0.15, -0.1) is 10.2 Å². The van der Waals surface area contributed by atoms with Crippen molar-refractivity contribution in [1.82, 2.24) is 15.1 Å². The average Bonchev–Trinajstić information content (AvgIpc) is 3.35. The van der Waals surface area contributed by atoms with Crippen LogP contribution in [-0.2, 0) is 11.2 Å². The number of amides is 1. The minimum absolute atomic E-state index is 0.0147. The second kappa shape index (κ2) is 12.7. The molecule has 38 heavy (non-hydrogen) atoms. The van der Waals surface area contributed by atoms with Crippen LogP contribution in [0.2, 0.25) is 0 Å². The van der Waals surface area contributed by atoms with Gasteiger partial charge in [-0.1, -0.05) is 18.3 Å². The lowest BCUT2D eigenvalue weighted by Gasteiger charge is -2.24. The van der Waals surface area contributed by atoms with E-state index >= 15 is 0 Å². The van der Waals surface area contributed by atoms with Crippen molar-refractivity contribution in [2.75, 3.05) is 20.2 Å². The van der Waals surface area contributed by atoms with Gasteiger partial charge in [0, 0.05) is 24.7 Å². The number of benzene rings is 2. The molecule has 0 bridgehead atoms. The normalized spacial score (nSPS) is 11.2. The summed E-state index contributed by atoms with van der Waals surface area (Å²) in [4.78, 5) is 13.7. The number of ether oxygens (including phenoxy) is 3. The van der Waals surface area contributed by atoms with Crippen molar-refractivity contribution in [2.45, 2.75) is 66.1 Å². The predicted molar refractivity (Wildman–Crippen MR) is 150 cm³/mol. The zero-order chi connectivity index (χ0) is 27.9. The molecule has 0 atom stereocenters. The number of nitriles is 1. The number of nitrogens with zero attached hydrogens (tertiary/aromatic N) is 4. The molecule has 0 fully saturated rings. The van der Waals surface area contributed by atoms with E-state index in [9.17, 15) is 10.1 Å². The van der Waals surface area contributed by atoms with Crippen molar-refractivity contribution in [3.8, 4) is 38.7 Å². The molecule has 0 aliphatic heterocycles. The van der Waals surface area contributed by atoms with Crippen LogP contribution in [0.15, 0.2) is 36.4 Å². The Labute approximate surface area is 229 Å². The van der Waals surface area contributed by atoms with Gasteiger partial charge < -0.3 is 19.1 Å². The number of hydrogen-bond donors (Lipinski definition) is 0. The van der Waals surface area contributed by atoms with Gasteiger partial charge in [-0.25, -0.2) is 4.79 Å². The summed E-state index contributed by atoms with van der Waals surface area (Å²) in [5.74, 6) is 1.34. The Morgan fingerprint density at radius 3 is 2.53 bits per heavy atom. The van der Waals surface area contributed by atoms with Crippen LogP contribution in [-0.4, -0.2) is 53.1 Å². The third kappa shape index (κ3) is 7.93. The van der Waals surface area contributed by atoms with E-state index in [2.05, 4.69) is 23.2 Å². The smallest absolute Gasteiger partial charge is 0.410 e. The van der Waals surface area contributed by atoms with Gasteiger partial charge in [0.1, 0.15) is 33.2 Å². The van der Waals surface area contributed by atoms with E-state index < -0.39 is 5.60 Å². The monoisotopic (exact) mass is 536 g/mol. The van der Waals surface area contributed by atoms with Crippen molar-refractivity contribution in [3.63, 3.8) is 0 Å². The van der Waals surface area contributed by atoms with Gasteiger partial charge in [0.15, 0.2) is 0 Å². The molecule has 0 N–H and O–H groups in total. The van der Waals surface area contributed by atoms with E-state index in [-0.39, 0.29) is 12.2 Å². The van der Waals surface area contributed by atoms with Crippen molar-refractivity contribution in [2.24, 2.45) is 0 Å². The summed E-state index contributed by atoms with van der Waals surface area (Å²) in [7, 11) is 1.73. The molecule has 0 radical (unpaired) electrons. The maximum absolute atomic E-state index is 12.1. The summed E-state index contributed by atoms with van der Waals surface area (Å²) in [6.07, 6.45) is 1.14. The number of aryl methyl sites for hydroxylation is 1. The fraction of sp³-hybridized carbons (Fsp3) is 0.448. The molecule has 0 saturated heterocycles. The summed E-state index contributed by atoms with van der Waals surface area (Å²) in [5.41, 5.74) is 2.90. The second-order valence-electron chi connectivity index (χ2n) is 10.2. The van der Waals surface area contributed by atoms with E-state index in [1.165, 1.54) is 11.3 Å². The van der Waals surface area contributed by atoms with Gasteiger partial charge in [0.25, 0.3) is 0 Å². The Hall–Kier alpha value is -3.64. The first-order valence-electron chi connectivity index (χ1n) is 12.8. The van der Waals surface area contributed by atoms with Crippen LogP contribution >= 0.6 is 11.3 Å². The minimum atomic E-state index is -0.513. The van der Waals surface area contributed by atoms with E-state index in [0.717, 1.165) is 38.9 Å². The molecule has 1 heterocycles. The Morgan fingerprint density at radius 1 is 1.13 bits per heavy atom. The summed E-state index contributed by atoms with van der Waals surface area (Å²) >= 11 is 1.48. The highest BCUT2D eigenvalue weighted by Crippen LogP contribution is 2.35. The molecular formula is C29H36N4O4S. The number of rotatable bonds is 10. The Morgan fingerprint density at radius 2 is 1.87 bits per heavy atom. The van der Waals surface area contributed by atoms with Crippen LogP contribution in [0, 0.1) is 11.3 Å². The SMILES string of the molecule is CCc1cc(OCCCN(C)C(=O)OC(C)(C)C)ccc1-c1nnc(-c2ccc(OC(C)C)c(C#N)c2)s1. The average molecular weight is 537 g/mol. The molecule has 1 amide bonds. The molecule has 2 aromatic carbocycles. The van der Waals surface area contributed by atoms with E-state index in [4.69, 9.17) is 14.2 Å². The van der Waals surface area contributed by atoms with Crippen LogP contribution in [0.5, 0.6) is 11.5 Å². The number of hydrogen-bond acceptors (Lipinski definition) is 8. The van der Waals surface area contributed by atoms with Crippen molar-refractivity contribution in [1.29, 1.82) is 5.26 Å². The molecule has 202 valence electrons. The van der Waals surface area contributed by atoms with Crippen LogP contribution in [0.3, 0.4) is 0 Å². The maximum atomic E-state index is 12.1. The molecule has 3 aromatic rings. The lowest BCUT2D eigenvalue weighted by atomic mass is 10.1. The lowest BCUT2D eigenvalue weighted by molar-refractivity contribution is 0.0292. The fourth-order valence-corrected chi connectivity index (χ4v) is 4.54. The quantitative estimate of drug-likeness (QED) is 0.265. The summed E-state index contributed by atoms with van der Waals surface area (Å²) in [5, 5.41) is 19.9. The van der Waals surface area contributed by atoms with Gasteiger partial charge in [-0.3, -0.25) is 0 Å². The van der Waals surface area contributed by atoms with Crippen molar-refractivity contribution in [3.05, 3.63) is 47.5 Å². The Kier molecular flexibility index (Phi) is 9.70. The molecular weight excluding hydrogens is 500 g/mol. The van der Waals surface area contributed by atoms with Gasteiger partial charge in [0.2, 0.25) is 0 Å². The number of aromatic nitrogens is 2. The number of carbonyl (C=O) groups excluding carboxylic acids is 1. The highest BCUT2D eigenvalue weighted by molar-refractivity contribution is 7.17. The van der Waals surface area contributed by atoms with Gasteiger partial charge in [-0.05, 0) is 89.4 Å². The lowest BCUT2D eigenvalue weighted by Crippen LogP contribution is -2.35. The summed E-state index contributed by atoms with van der Waals surface area (Å²) < 4.78 is 17.1. The highest BCUT2D eigenvalue weighted by Gasteiger charge is 2.19. The van der Waals surface area contributed by atoms with Crippen molar-refractivity contribution < 1.29 is 19.0 Å². The third-order valence-corrected chi connectivity index (χ3v) is 6.44. The first kappa shape index (κ1) is 28.9. The predicted octanol–water partition coefficient (Wildman–Crippen LogP) is 6.73. The molecule has 8 nitrogen and oxygen atoms in total. The molecule has 0 aliphatic carbocycles. The van der Waals surface area contributed by atoms with E-state index in [1.807, 2.05) is 65.0 Å². The Balaban J connectivity index is 1.65. The topological polar surface area (TPSA) is 97.6 Å². The maximum Gasteiger partial charge on any atom is 0.410 e. The second-order valence-corrected chi connectivity index (χ2v) is 11.2. The minimum Gasteiger partial charge on any atom is -0.494 e. The first-order valence-corrected chi connectivity index (χ1v) is 13.6. The molecule has 0 saturated carbocycles.